The van der Waals surface area contributed by atoms with Gasteiger partial charge in [0, 0.05) is 12.1 Å². The van der Waals surface area contributed by atoms with Crippen molar-refractivity contribution in [2.45, 2.75) is 110 Å². The summed E-state index contributed by atoms with van der Waals surface area (Å²) in [6, 6.07) is 0.348. The lowest BCUT2D eigenvalue weighted by Crippen LogP contribution is -2.28. The summed E-state index contributed by atoms with van der Waals surface area (Å²) in [6.07, 6.45) is 16.3. The Morgan fingerprint density at radius 1 is 1.03 bits per heavy atom. The number of nitrogens with one attached hydrogen (secondary N) is 1. The number of rotatable bonds is 9. The number of nitrogens with zero attached hydrogens (tertiary/aromatic N) is 1. The minimum Gasteiger partial charge on any atom is -0.446 e. The zero-order valence-corrected chi connectivity index (χ0v) is 19.9. The Kier molecular flexibility index (Phi) is 12.7. The molecule has 6 heteroatoms. The molecule has 3 aliphatic heterocycles. The lowest BCUT2D eigenvalue weighted by Gasteiger charge is -2.17. The van der Waals surface area contributed by atoms with E-state index in [4.69, 9.17) is 9.47 Å². The first-order chi connectivity index (χ1) is 14.9. The van der Waals surface area contributed by atoms with Crippen LogP contribution < -0.4 is 5.32 Å². The van der Waals surface area contributed by atoms with Gasteiger partial charge in [0.05, 0.1) is 12.1 Å². The van der Waals surface area contributed by atoms with Crippen LogP contribution in [0.4, 0.5) is 9.59 Å². The number of ether oxygens (including phenoxy) is 2. The van der Waals surface area contributed by atoms with Crippen molar-refractivity contribution in [3.05, 3.63) is 37.1 Å². The lowest BCUT2D eigenvalue weighted by molar-refractivity contribution is 0.0671. The van der Waals surface area contributed by atoms with Crippen LogP contribution in [0.15, 0.2) is 37.1 Å². The third-order valence-corrected chi connectivity index (χ3v) is 5.43. The number of hydrogen-bond donors (Lipinski definition) is 1. The van der Waals surface area contributed by atoms with E-state index >= 15 is 0 Å². The summed E-state index contributed by atoms with van der Waals surface area (Å²) < 4.78 is 9.89. The van der Waals surface area contributed by atoms with Crippen LogP contribution in [0.3, 0.4) is 0 Å². The molecule has 4 unspecified atom stereocenters. The second-order valence-electron chi connectivity index (χ2n) is 8.24. The first-order valence-corrected chi connectivity index (χ1v) is 11.8. The maximum atomic E-state index is 11.4. The van der Waals surface area contributed by atoms with E-state index in [9.17, 15) is 9.59 Å². The highest BCUT2D eigenvalue weighted by Crippen LogP contribution is 2.41. The molecule has 0 saturated carbocycles. The molecule has 6 nitrogen and oxygen atoms in total. The Morgan fingerprint density at radius 2 is 1.68 bits per heavy atom. The highest BCUT2D eigenvalue weighted by Gasteiger charge is 2.50. The largest absolute Gasteiger partial charge is 0.446 e. The van der Waals surface area contributed by atoms with E-state index in [0.717, 1.165) is 12.8 Å². The third-order valence-electron chi connectivity index (χ3n) is 5.43. The molecular weight excluding hydrogens is 392 g/mol. The molecule has 4 atom stereocenters. The maximum absolute atomic E-state index is 11.4. The molecule has 3 rings (SSSR count). The summed E-state index contributed by atoms with van der Waals surface area (Å²) in [5.41, 5.74) is 1.19. The first kappa shape index (κ1) is 26.8. The summed E-state index contributed by atoms with van der Waals surface area (Å²) in [7, 11) is 0. The van der Waals surface area contributed by atoms with E-state index in [1.165, 1.54) is 50.6 Å². The van der Waals surface area contributed by atoms with Crippen LogP contribution in [0, 0.1) is 0 Å². The zero-order chi connectivity index (χ0) is 23.2. The molecule has 2 amide bonds. The highest BCUT2D eigenvalue weighted by atomic mass is 16.6. The van der Waals surface area contributed by atoms with E-state index in [1.807, 2.05) is 19.9 Å². The average Bonchev–Trinajstić information content (AvgIpc) is 3.32. The summed E-state index contributed by atoms with van der Waals surface area (Å²) in [6.45, 7) is 15.4. The number of alkyl carbamates (subject to hydrolysis) is 1. The molecule has 3 heterocycles. The molecule has 31 heavy (non-hydrogen) atoms. The van der Waals surface area contributed by atoms with Gasteiger partial charge in [0.25, 0.3) is 0 Å². The lowest BCUT2D eigenvalue weighted by atomic mass is 10.1. The first-order valence-electron chi connectivity index (χ1n) is 11.8. The van der Waals surface area contributed by atoms with Gasteiger partial charge in [0.1, 0.15) is 12.2 Å². The van der Waals surface area contributed by atoms with Crippen molar-refractivity contribution in [1.29, 1.82) is 0 Å². The molecule has 3 aliphatic rings. The topological polar surface area (TPSA) is 67.6 Å². The third kappa shape index (κ3) is 9.62. The molecule has 0 aromatic rings. The Hall–Kier alpha value is -2.24. The summed E-state index contributed by atoms with van der Waals surface area (Å²) in [4.78, 5) is 23.6. The van der Waals surface area contributed by atoms with E-state index in [2.05, 4.69) is 38.4 Å². The highest BCUT2D eigenvalue weighted by molar-refractivity contribution is 5.77. The van der Waals surface area contributed by atoms with Crippen LogP contribution in [-0.4, -0.2) is 41.4 Å². The van der Waals surface area contributed by atoms with Crippen molar-refractivity contribution in [2.24, 2.45) is 0 Å². The Bertz CT molecular complexity index is 617. The number of amides is 2. The van der Waals surface area contributed by atoms with Gasteiger partial charge >= 0.3 is 12.2 Å². The fraction of sp³-hybridized carbons (Fsp3) is 0.680. The Balaban J connectivity index is 0.000000257. The van der Waals surface area contributed by atoms with Gasteiger partial charge in [-0.2, -0.15) is 0 Å². The number of cyclic esters (lactones) is 2. The predicted octanol–water partition coefficient (Wildman–Crippen LogP) is 6.49. The minimum absolute atomic E-state index is 0.0162. The monoisotopic (exact) mass is 434 g/mol. The fourth-order valence-corrected chi connectivity index (χ4v) is 3.50. The normalized spacial score (nSPS) is 26.8. The van der Waals surface area contributed by atoms with Crippen molar-refractivity contribution in [2.75, 3.05) is 0 Å². The van der Waals surface area contributed by atoms with Gasteiger partial charge in [-0.3, -0.25) is 4.90 Å². The summed E-state index contributed by atoms with van der Waals surface area (Å²) in [5.74, 6) is 0. The SMILES string of the molecule is C=CC1NC(=O)OC1C.C=CCCCCC.CCCCC/C=C1\C2CC(C)OC(=O)N12. The van der Waals surface area contributed by atoms with Crippen molar-refractivity contribution >= 4 is 12.2 Å². The average molecular weight is 435 g/mol. The van der Waals surface area contributed by atoms with Crippen molar-refractivity contribution in [3.63, 3.8) is 0 Å². The van der Waals surface area contributed by atoms with Crippen LogP contribution >= 0.6 is 0 Å². The number of carbonyl (C=O) groups is 2. The van der Waals surface area contributed by atoms with Crippen molar-refractivity contribution in [3.8, 4) is 0 Å². The van der Waals surface area contributed by atoms with E-state index in [1.54, 1.807) is 11.0 Å². The zero-order valence-electron chi connectivity index (χ0n) is 19.9. The van der Waals surface area contributed by atoms with E-state index < -0.39 is 0 Å². The molecule has 0 aliphatic carbocycles. The molecule has 3 saturated heterocycles. The molecule has 0 aromatic carbocycles. The predicted molar refractivity (Wildman–Crippen MR) is 126 cm³/mol. The molecule has 3 fully saturated rings. The van der Waals surface area contributed by atoms with Gasteiger partial charge in [0.2, 0.25) is 0 Å². The smallest absolute Gasteiger partial charge is 0.414 e. The van der Waals surface area contributed by atoms with Crippen LogP contribution in [-0.2, 0) is 9.47 Å². The minimum atomic E-state index is -0.354. The van der Waals surface area contributed by atoms with Crippen LogP contribution in [0.25, 0.3) is 0 Å². The second kappa shape index (κ2) is 14.7. The molecule has 0 aromatic heterocycles. The Labute approximate surface area is 188 Å². The summed E-state index contributed by atoms with van der Waals surface area (Å²) in [5, 5.41) is 2.57. The van der Waals surface area contributed by atoms with Crippen LogP contribution in [0.2, 0.25) is 0 Å². The van der Waals surface area contributed by atoms with Gasteiger partial charge in [-0.05, 0) is 39.5 Å². The fourth-order valence-electron chi connectivity index (χ4n) is 3.50. The molecule has 0 radical (unpaired) electrons. The number of fused-ring (bicyclic) bond motifs is 1. The molecule has 0 spiro atoms. The van der Waals surface area contributed by atoms with E-state index in [-0.39, 0.29) is 30.4 Å². The molecule has 176 valence electrons. The number of carbonyl (C=O) groups excluding carboxylic acids is 2. The van der Waals surface area contributed by atoms with Gasteiger partial charge in [-0.1, -0.05) is 57.8 Å². The standard InChI is InChI=1S/C12H19NO2.C7H14.C6H9NO2/c1-3-4-5-6-7-10-11-8-9(2)15-12(14)13(10)11;1-3-5-7-6-4-2;1-3-5-4(2)9-6(8)7-5/h7,9,11H,3-6,8H2,1-2H3;3H,1,4-7H2,2H3;3-5H,1H2,2H3,(H,7,8)/b10-7+;;. The molecule has 0 bridgehead atoms. The Morgan fingerprint density at radius 3 is 2.16 bits per heavy atom. The van der Waals surface area contributed by atoms with E-state index in [0.29, 0.717) is 6.04 Å². The molecular formula is C25H42N2O4. The number of unbranched alkanes of at least 4 members (excludes halogenated alkanes) is 6. The van der Waals surface area contributed by atoms with Gasteiger partial charge in [-0.25, -0.2) is 9.59 Å². The van der Waals surface area contributed by atoms with Gasteiger partial charge in [0.15, 0.2) is 0 Å². The maximum Gasteiger partial charge on any atom is 0.414 e. The van der Waals surface area contributed by atoms with Gasteiger partial charge < -0.3 is 14.8 Å². The van der Waals surface area contributed by atoms with Crippen LogP contribution in [0.5, 0.6) is 0 Å². The quantitative estimate of drug-likeness (QED) is 0.256. The van der Waals surface area contributed by atoms with Gasteiger partial charge in [-0.15, -0.1) is 13.2 Å². The number of hydrogen-bond acceptors (Lipinski definition) is 4. The van der Waals surface area contributed by atoms with Crippen molar-refractivity contribution < 1.29 is 19.1 Å². The van der Waals surface area contributed by atoms with Crippen LogP contribution in [0.1, 0.15) is 85.5 Å². The number of allylic oxidation sites excluding steroid dienone is 2. The second-order valence-corrected chi connectivity index (χ2v) is 8.24. The molecule has 1 N–H and O–H groups in total. The van der Waals surface area contributed by atoms with Crippen molar-refractivity contribution in [1.82, 2.24) is 10.2 Å². The summed E-state index contributed by atoms with van der Waals surface area (Å²) >= 11 is 0.